The maximum atomic E-state index is 13.2. The van der Waals surface area contributed by atoms with E-state index in [1.165, 1.54) is 263 Å². The summed E-state index contributed by atoms with van der Waals surface area (Å²) in [6, 6.07) is 0. The number of hydrogen-bond acceptors (Lipinski definition) is 15. The topological polar surface area (TPSA) is 237 Å². The summed E-state index contributed by atoms with van der Waals surface area (Å²) in [6.07, 6.45) is 68.1. The van der Waals surface area contributed by atoms with Gasteiger partial charge in [-0.1, -0.05) is 415 Å². The molecule has 17 nitrogen and oxygen atoms in total. The molecule has 0 aromatic heterocycles. The first-order chi connectivity index (χ1) is 52.2. The number of phosphoric ester groups is 2. The molecule has 0 rings (SSSR count). The predicted octanol–water partition coefficient (Wildman–Crippen LogP) is 27.1. The van der Waals surface area contributed by atoms with Crippen LogP contribution in [0, 0.1) is 23.7 Å². The number of unbranched alkanes of at least 4 members (excludes halogenated alkanes) is 50. The third-order valence-electron chi connectivity index (χ3n) is 21.5. The molecular weight excluding hydrogens is 1400 g/mol. The highest BCUT2D eigenvalue weighted by atomic mass is 31.2. The second-order valence-corrected chi connectivity index (χ2v) is 36.3. The van der Waals surface area contributed by atoms with Crippen LogP contribution in [0.2, 0.25) is 0 Å². The molecule has 0 bridgehead atoms. The van der Waals surface area contributed by atoms with Gasteiger partial charge < -0.3 is 33.8 Å². The molecule has 0 aliphatic carbocycles. The SMILES string of the molecule is CCC(C)CCCCCCCCCCCCCCCCCCCCC(=O)OC[C@H](COP(=O)(O)OC[C@@H](O)COP(=O)(O)OC[C@@H](COC(=O)CCCCCCCCC(C)CC)OC(=O)CCCCCCCCCCCCCCCCC(C)C)OC(=O)CCCCCCCCCCCCCCCCCCC(C)C. The molecule has 0 aromatic rings. The van der Waals surface area contributed by atoms with Crippen LogP contribution in [0.1, 0.15) is 466 Å². The minimum absolute atomic E-state index is 0.107. The number of esters is 4. The highest BCUT2D eigenvalue weighted by molar-refractivity contribution is 7.47. The molecule has 0 aliphatic heterocycles. The van der Waals surface area contributed by atoms with E-state index < -0.39 is 97.5 Å². The van der Waals surface area contributed by atoms with E-state index in [0.29, 0.717) is 25.7 Å². The molecule has 642 valence electrons. The molecule has 0 fully saturated rings. The standard InChI is InChI=1S/C89H174O17P2/c1-9-81(7)67-59-51-43-37-31-25-18-13-11-12-14-19-26-32-38-44-53-61-69-86(91)99-75-84(105-88(93)71-63-55-45-39-33-27-20-16-15-17-23-29-35-41-49-57-65-79(3)4)77-103-107(95,96)101-73-83(90)74-102-108(97,98)104-78-85(76-100-87(92)70-62-54-48-47-52-60-68-82(8)10-2)106-89(94)72-64-56-46-40-34-28-22-21-24-30-36-42-50-58-66-80(5)6/h79-85,90H,9-78H2,1-8H3,(H,95,96)(H,97,98)/t81?,82?,83-,84-,85-/m1/s1. The van der Waals surface area contributed by atoms with E-state index in [9.17, 15) is 43.2 Å². The number of rotatable bonds is 86. The Kier molecular flexibility index (Phi) is 76.2. The van der Waals surface area contributed by atoms with E-state index in [-0.39, 0.29) is 25.7 Å². The van der Waals surface area contributed by atoms with Gasteiger partial charge in [-0.2, -0.15) is 0 Å². The number of aliphatic hydroxyl groups is 1. The minimum Gasteiger partial charge on any atom is -0.462 e. The zero-order valence-electron chi connectivity index (χ0n) is 71.5. The zero-order chi connectivity index (χ0) is 79.5. The third kappa shape index (κ3) is 79.3. The Hall–Kier alpha value is -1.94. The maximum absolute atomic E-state index is 13.2. The lowest BCUT2D eigenvalue weighted by atomic mass is 9.99. The number of ether oxygens (including phenoxy) is 4. The van der Waals surface area contributed by atoms with Gasteiger partial charge in [0, 0.05) is 25.7 Å². The molecule has 0 amide bonds. The van der Waals surface area contributed by atoms with Gasteiger partial charge in [-0.25, -0.2) is 9.13 Å². The molecule has 0 saturated heterocycles. The van der Waals surface area contributed by atoms with Crippen molar-refractivity contribution < 1.29 is 80.2 Å². The van der Waals surface area contributed by atoms with Gasteiger partial charge in [0.15, 0.2) is 12.2 Å². The lowest BCUT2D eigenvalue weighted by molar-refractivity contribution is -0.161. The van der Waals surface area contributed by atoms with E-state index in [2.05, 4.69) is 55.4 Å². The Morgan fingerprint density at radius 2 is 0.444 bits per heavy atom. The zero-order valence-corrected chi connectivity index (χ0v) is 73.3. The van der Waals surface area contributed by atoms with Gasteiger partial charge in [0.2, 0.25) is 0 Å². The van der Waals surface area contributed by atoms with Crippen molar-refractivity contribution >= 4 is 39.5 Å². The average molecular weight is 1580 g/mol. The van der Waals surface area contributed by atoms with Crippen molar-refractivity contribution in [1.29, 1.82) is 0 Å². The second kappa shape index (κ2) is 77.6. The summed E-state index contributed by atoms with van der Waals surface area (Å²) >= 11 is 0. The van der Waals surface area contributed by atoms with Crippen LogP contribution in [0.15, 0.2) is 0 Å². The molecule has 0 aliphatic rings. The molecule has 0 aromatic carbocycles. The second-order valence-electron chi connectivity index (χ2n) is 33.4. The van der Waals surface area contributed by atoms with Gasteiger partial charge in [0.05, 0.1) is 26.4 Å². The number of phosphoric acid groups is 2. The summed E-state index contributed by atoms with van der Waals surface area (Å²) in [6.45, 7) is 14.4. The maximum Gasteiger partial charge on any atom is 0.472 e. The van der Waals surface area contributed by atoms with Crippen LogP contribution in [0.25, 0.3) is 0 Å². The summed E-state index contributed by atoms with van der Waals surface area (Å²) < 4.78 is 69.0. The Balaban J connectivity index is 5.22. The van der Waals surface area contributed by atoms with Crippen molar-refractivity contribution in [2.75, 3.05) is 39.6 Å². The lowest BCUT2D eigenvalue weighted by Gasteiger charge is -2.21. The first-order valence-electron chi connectivity index (χ1n) is 45.8. The molecule has 0 radical (unpaired) electrons. The normalized spacial score (nSPS) is 14.4. The molecule has 0 spiro atoms. The molecular formula is C89H174O17P2. The molecule has 19 heteroatoms. The summed E-state index contributed by atoms with van der Waals surface area (Å²) in [7, 11) is -9.93. The fourth-order valence-corrected chi connectivity index (χ4v) is 15.4. The Morgan fingerprint density at radius 1 is 0.259 bits per heavy atom. The Labute approximate surface area is 664 Å². The monoisotopic (exact) mass is 1580 g/mol. The van der Waals surface area contributed by atoms with Crippen LogP contribution in [0.4, 0.5) is 0 Å². The average Bonchev–Trinajstić information content (AvgIpc) is 0.900. The smallest absolute Gasteiger partial charge is 0.462 e. The molecule has 4 unspecified atom stereocenters. The summed E-state index contributed by atoms with van der Waals surface area (Å²) in [5.41, 5.74) is 0. The van der Waals surface area contributed by atoms with Gasteiger partial charge in [0.1, 0.15) is 19.3 Å². The fourth-order valence-electron chi connectivity index (χ4n) is 13.8. The van der Waals surface area contributed by atoms with Gasteiger partial charge >= 0.3 is 39.5 Å². The van der Waals surface area contributed by atoms with Gasteiger partial charge in [0.25, 0.3) is 0 Å². The number of carbonyl (C=O) groups is 4. The van der Waals surface area contributed by atoms with Crippen molar-refractivity contribution in [2.45, 2.75) is 485 Å². The summed E-state index contributed by atoms with van der Waals surface area (Å²) in [5, 5.41) is 10.7. The fraction of sp³-hybridized carbons (Fsp3) is 0.955. The minimum atomic E-state index is -4.97. The molecule has 7 atom stereocenters. The van der Waals surface area contributed by atoms with Crippen LogP contribution in [0.5, 0.6) is 0 Å². The van der Waals surface area contributed by atoms with E-state index in [1.54, 1.807) is 0 Å². The predicted molar refractivity (Wildman–Crippen MR) is 446 cm³/mol. The molecule has 0 heterocycles. The van der Waals surface area contributed by atoms with Crippen molar-refractivity contribution in [2.24, 2.45) is 23.7 Å². The van der Waals surface area contributed by atoms with Crippen LogP contribution >= 0.6 is 15.6 Å². The van der Waals surface area contributed by atoms with Crippen LogP contribution < -0.4 is 0 Å². The van der Waals surface area contributed by atoms with Gasteiger partial charge in [-0.05, 0) is 49.4 Å². The Bertz CT molecular complexity index is 2100. The van der Waals surface area contributed by atoms with Crippen LogP contribution in [0.3, 0.4) is 0 Å². The quantitative estimate of drug-likeness (QED) is 0.0222. The number of hydrogen-bond donors (Lipinski definition) is 3. The molecule has 0 saturated carbocycles. The van der Waals surface area contributed by atoms with Crippen LogP contribution in [-0.4, -0.2) is 96.7 Å². The first-order valence-corrected chi connectivity index (χ1v) is 48.8. The number of carbonyl (C=O) groups excluding carboxylic acids is 4. The van der Waals surface area contributed by atoms with E-state index >= 15 is 0 Å². The van der Waals surface area contributed by atoms with Gasteiger partial charge in [-0.3, -0.25) is 37.3 Å². The van der Waals surface area contributed by atoms with Crippen molar-refractivity contribution in [3.63, 3.8) is 0 Å². The summed E-state index contributed by atoms with van der Waals surface area (Å²) in [5.74, 6) is 1.10. The van der Waals surface area contributed by atoms with E-state index in [1.807, 2.05) is 0 Å². The highest BCUT2D eigenvalue weighted by Gasteiger charge is 2.31. The Morgan fingerprint density at radius 3 is 0.657 bits per heavy atom. The largest absolute Gasteiger partial charge is 0.472 e. The first kappa shape index (κ1) is 106. The van der Waals surface area contributed by atoms with Crippen molar-refractivity contribution in [3.05, 3.63) is 0 Å². The van der Waals surface area contributed by atoms with Crippen molar-refractivity contribution in [1.82, 2.24) is 0 Å². The number of aliphatic hydroxyl groups excluding tert-OH is 1. The van der Waals surface area contributed by atoms with E-state index in [0.717, 1.165) is 120 Å². The molecule has 108 heavy (non-hydrogen) atoms. The molecule has 3 N–H and O–H groups in total. The lowest BCUT2D eigenvalue weighted by Crippen LogP contribution is -2.30. The summed E-state index contributed by atoms with van der Waals surface area (Å²) in [4.78, 5) is 73.3. The van der Waals surface area contributed by atoms with Crippen LogP contribution in [-0.2, 0) is 65.4 Å². The van der Waals surface area contributed by atoms with E-state index in [4.69, 9.17) is 37.0 Å². The highest BCUT2D eigenvalue weighted by Crippen LogP contribution is 2.45. The van der Waals surface area contributed by atoms with Gasteiger partial charge in [-0.15, -0.1) is 0 Å². The third-order valence-corrected chi connectivity index (χ3v) is 23.4. The van der Waals surface area contributed by atoms with Crippen molar-refractivity contribution in [3.8, 4) is 0 Å².